The average Bonchev–Trinajstić information content (AvgIpc) is 2.67. The van der Waals surface area contributed by atoms with Gasteiger partial charge in [0.1, 0.15) is 5.75 Å². The van der Waals surface area contributed by atoms with Crippen molar-refractivity contribution >= 4 is 22.4 Å². The predicted molar refractivity (Wildman–Crippen MR) is 99.0 cm³/mol. The van der Waals surface area contributed by atoms with Crippen LogP contribution in [0, 0.1) is 0 Å². The summed E-state index contributed by atoms with van der Waals surface area (Å²) >= 11 is 0. The third kappa shape index (κ3) is 5.45. The number of methoxy groups -OCH3 is 2. The lowest BCUT2D eigenvalue weighted by Gasteiger charge is -2.11. The first-order valence-corrected chi connectivity index (χ1v) is 8.38. The molecule has 0 bridgehead atoms. The molecule has 6 nitrogen and oxygen atoms in total. The van der Waals surface area contributed by atoms with E-state index < -0.39 is 6.61 Å². The van der Waals surface area contributed by atoms with Crippen LogP contribution in [0.1, 0.15) is 0 Å². The van der Waals surface area contributed by atoms with E-state index in [0.29, 0.717) is 11.5 Å². The molecule has 154 valence electrons. The van der Waals surface area contributed by atoms with Crippen LogP contribution in [-0.4, -0.2) is 26.7 Å². The van der Waals surface area contributed by atoms with Gasteiger partial charge in [0.15, 0.2) is 23.9 Å². The molecule has 0 aliphatic heterocycles. The number of fused-ring (bicyclic) bond motifs is 1. The van der Waals surface area contributed by atoms with Crippen LogP contribution in [0.2, 0.25) is 0 Å². The summed E-state index contributed by atoms with van der Waals surface area (Å²) in [6.07, 6.45) is 3.54. The number of halogens is 3. The van der Waals surface area contributed by atoms with Gasteiger partial charge in [-0.3, -0.25) is 4.79 Å². The van der Waals surface area contributed by atoms with Crippen molar-refractivity contribution in [1.29, 1.82) is 0 Å². The maximum atomic E-state index is 12.5. The van der Waals surface area contributed by atoms with E-state index in [1.54, 1.807) is 43.3 Å². The molecule has 1 heterocycles. The molecule has 29 heavy (non-hydrogen) atoms. The Hall–Kier alpha value is -3.13. The molecule has 0 saturated carbocycles. The first kappa shape index (κ1) is 22.2. The number of carbonyl (C=O) groups is 1. The molecule has 1 N–H and O–H groups in total. The molecule has 0 unspecified atom stereocenters. The maximum absolute atomic E-state index is 12.5. The quantitative estimate of drug-likeness (QED) is 0.557. The van der Waals surface area contributed by atoms with Crippen molar-refractivity contribution in [2.24, 2.45) is 0 Å². The maximum Gasteiger partial charge on any atom is 0.387 e. The number of hydrogen-bond donors (Lipinski definition) is 1. The summed E-state index contributed by atoms with van der Waals surface area (Å²) in [5.41, 5.74) is 0.181. The summed E-state index contributed by atoms with van der Waals surface area (Å²) in [5, 5.41) is 4.37. The topological polar surface area (TPSA) is 60.7 Å². The Balaban J connectivity index is 0.00000300. The Labute approximate surface area is 172 Å². The fourth-order valence-corrected chi connectivity index (χ4v) is 2.79. The molecular formula is C20H19ClF2N2O4. The Bertz CT molecular complexity index is 1000. The minimum Gasteiger partial charge on any atom is -1.00 e. The number of hydrogen-bond acceptors (Lipinski definition) is 4. The first-order valence-electron chi connectivity index (χ1n) is 8.38. The van der Waals surface area contributed by atoms with Gasteiger partial charge in [0.05, 0.1) is 19.9 Å². The zero-order chi connectivity index (χ0) is 20.1. The number of ether oxygens (including phenoxy) is 3. The minimum absolute atomic E-state index is 0. The van der Waals surface area contributed by atoms with Crippen LogP contribution in [0.15, 0.2) is 54.9 Å². The van der Waals surface area contributed by atoms with E-state index in [1.165, 1.54) is 12.1 Å². The molecule has 0 saturated heterocycles. The molecule has 0 fully saturated rings. The summed E-state index contributed by atoms with van der Waals surface area (Å²) < 4.78 is 41.7. The summed E-state index contributed by atoms with van der Waals surface area (Å²) in [5.74, 6) is 0.720. The number of pyridine rings is 1. The van der Waals surface area contributed by atoms with Crippen LogP contribution in [0.5, 0.6) is 17.2 Å². The highest BCUT2D eigenvalue weighted by atomic mass is 35.5. The molecule has 9 heteroatoms. The highest BCUT2D eigenvalue weighted by molar-refractivity contribution is 5.91. The summed E-state index contributed by atoms with van der Waals surface area (Å²) in [6, 6.07) is 11.5. The monoisotopic (exact) mass is 424 g/mol. The number of amides is 1. The molecule has 3 rings (SSSR count). The number of benzene rings is 2. The largest absolute Gasteiger partial charge is 1.00 e. The second kappa shape index (κ2) is 9.88. The van der Waals surface area contributed by atoms with Crippen LogP contribution < -0.4 is 36.5 Å². The highest BCUT2D eigenvalue weighted by Gasteiger charge is 2.16. The van der Waals surface area contributed by atoms with Gasteiger partial charge in [0, 0.05) is 11.5 Å². The van der Waals surface area contributed by atoms with Gasteiger partial charge in [0.2, 0.25) is 6.54 Å². The number of alkyl halides is 2. The van der Waals surface area contributed by atoms with Crippen molar-refractivity contribution in [2.75, 3.05) is 19.5 Å². The number of aromatic nitrogens is 1. The fraction of sp³-hybridized carbons (Fsp3) is 0.200. The summed E-state index contributed by atoms with van der Waals surface area (Å²) in [7, 11) is 3.11. The standard InChI is InChI=1S/C20H18F2N2O4.ClH/c1-26-17-9-13-7-8-24(11-14(13)10-18(17)27-2)12-19(25)23-15-5-3-4-6-16(15)28-20(21)22;/h3-11,20H,12H2,1-2H3;1H. The lowest BCUT2D eigenvalue weighted by Crippen LogP contribution is -3.00. The van der Waals surface area contributed by atoms with Crippen LogP contribution in [-0.2, 0) is 11.3 Å². The highest BCUT2D eigenvalue weighted by Crippen LogP contribution is 2.31. The fourth-order valence-electron chi connectivity index (χ4n) is 2.79. The van der Waals surface area contributed by atoms with E-state index >= 15 is 0 Å². The van der Waals surface area contributed by atoms with Crippen molar-refractivity contribution in [1.82, 2.24) is 0 Å². The number of rotatable bonds is 7. The van der Waals surface area contributed by atoms with E-state index in [1.807, 2.05) is 18.2 Å². The first-order chi connectivity index (χ1) is 13.5. The summed E-state index contributed by atoms with van der Waals surface area (Å²) in [6.45, 7) is -2.98. The van der Waals surface area contributed by atoms with Gasteiger partial charge < -0.3 is 31.9 Å². The third-order valence-corrected chi connectivity index (χ3v) is 4.04. The molecule has 2 aromatic carbocycles. The van der Waals surface area contributed by atoms with Crippen LogP contribution in [0.4, 0.5) is 14.5 Å². The average molecular weight is 425 g/mol. The van der Waals surface area contributed by atoms with Gasteiger partial charge in [-0.2, -0.15) is 13.3 Å². The smallest absolute Gasteiger partial charge is 0.387 e. The van der Waals surface area contributed by atoms with Crippen molar-refractivity contribution in [3.8, 4) is 17.2 Å². The normalized spacial score (nSPS) is 10.4. The lowest BCUT2D eigenvalue weighted by molar-refractivity contribution is -0.682. The molecule has 0 radical (unpaired) electrons. The van der Waals surface area contributed by atoms with E-state index in [4.69, 9.17) is 9.47 Å². The SMILES string of the molecule is COc1cc2cc[n+](CC(=O)Nc3ccccc3OC(F)F)cc2cc1OC.[Cl-]. The van der Waals surface area contributed by atoms with Crippen molar-refractivity contribution in [3.63, 3.8) is 0 Å². The number of nitrogens with zero attached hydrogens (tertiary/aromatic N) is 1. The van der Waals surface area contributed by atoms with Gasteiger partial charge in [0.25, 0.3) is 5.91 Å². The van der Waals surface area contributed by atoms with Crippen molar-refractivity contribution < 1.29 is 44.8 Å². The van der Waals surface area contributed by atoms with Crippen LogP contribution in [0.25, 0.3) is 10.8 Å². The molecule has 1 amide bonds. The zero-order valence-electron chi connectivity index (χ0n) is 15.7. The zero-order valence-corrected chi connectivity index (χ0v) is 16.5. The van der Waals surface area contributed by atoms with E-state index in [-0.39, 0.29) is 36.3 Å². The van der Waals surface area contributed by atoms with Gasteiger partial charge in [-0.05, 0) is 29.7 Å². The van der Waals surface area contributed by atoms with Crippen molar-refractivity contribution in [3.05, 3.63) is 54.9 Å². The molecule has 1 aromatic heterocycles. The Morgan fingerprint density at radius 2 is 1.69 bits per heavy atom. The Kier molecular flexibility index (Phi) is 7.55. The third-order valence-electron chi connectivity index (χ3n) is 4.04. The van der Waals surface area contributed by atoms with Crippen LogP contribution in [0.3, 0.4) is 0 Å². The number of carbonyl (C=O) groups excluding carboxylic acids is 1. The van der Waals surface area contributed by atoms with Crippen molar-refractivity contribution in [2.45, 2.75) is 13.2 Å². The molecule has 0 atom stereocenters. The van der Waals surface area contributed by atoms with E-state index in [0.717, 1.165) is 10.8 Å². The van der Waals surface area contributed by atoms with Gasteiger partial charge in [-0.25, -0.2) is 0 Å². The Morgan fingerprint density at radius 3 is 2.34 bits per heavy atom. The van der Waals surface area contributed by atoms with E-state index in [9.17, 15) is 13.6 Å². The minimum atomic E-state index is -2.97. The molecular weight excluding hydrogens is 406 g/mol. The molecule has 3 aromatic rings. The summed E-state index contributed by atoms with van der Waals surface area (Å²) in [4.78, 5) is 12.4. The van der Waals surface area contributed by atoms with Gasteiger partial charge >= 0.3 is 6.61 Å². The lowest BCUT2D eigenvalue weighted by atomic mass is 10.1. The molecule has 0 aliphatic carbocycles. The van der Waals surface area contributed by atoms with Gasteiger partial charge in [-0.1, -0.05) is 12.1 Å². The molecule has 0 spiro atoms. The second-order valence-corrected chi connectivity index (χ2v) is 5.88. The van der Waals surface area contributed by atoms with Crippen LogP contribution >= 0.6 is 0 Å². The number of nitrogens with one attached hydrogen (secondary N) is 1. The predicted octanol–water partition coefficient (Wildman–Crippen LogP) is 0.389. The number of anilines is 1. The Morgan fingerprint density at radius 1 is 1.03 bits per heavy atom. The number of para-hydroxylation sites is 2. The second-order valence-electron chi connectivity index (χ2n) is 5.88. The van der Waals surface area contributed by atoms with E-state index in [2.05, 4.69) is 10.1 Å². The molecule has 0 aliphatic rings. The van der Waals surface area contributed by atoms with Gasteiger partial charge in [-0.15, -0.1) is 0 Å².